The van der Waals surface area contributed by atoms with Crippen LogP contribution in [0.1, 0.15) is 17.4 Å². The van der Waals surface area contributed by atoms with Gasteiger partial charge >= 0.3 is 6.09 Å². The molecule has 0 saturated carbocycles. The second kappa shape index (κ2) is 16.8. The fraction of sp³-hybridized carbons (Fsp3) is 0.690. The number of imidazole rings is 1. The lowest BCUT2D eigenvalue weighted by molar-refractivity contribution is -0.354. The van der Waals surface area contributed by atoms with Crippen LogP contribution < -0.4 is 11.5 Å². The Labute approximate surface area is 302 Å². The Morgan fingerprint density at radius 3 is 2.12 bits per heavy atom. The summed E-state index contributed by atoms with van der Waals surface area (Å²) in [6, 6.07) is -2.34. The number of hydrogen-bond acceptors (Lipinski definition) is 19. The molecule has 21 nitrogen and oxygen atoms in total. The third kappa shape index (κ3) is 7.68. The number of hydrogen-bond donors (Lipinski definition) is 10. The standard InChI is InChI=1S/C29H41BrFN5O16/c1-2-47-29(46)36(25(44)16-24(31)35-5-9(30)3-4-13(35)34-16)17-21(43)23(51-27-15(33)19(41)18(40)10(6-37)49-27)12(8-39)50-28(17)52-22-11(7-38)48-26(45)14(32)20(22)42/h3-5,10-12,14-15,17-23,26-28,37-43,45H,2,6-8,32-33H2,1H3/t10-,11-,12-,14-,15-,17-,18-,19-,20-,21-,22?,23?,26-,27+,28+/m1/s1. The molecule has 2 unspecified atom stereocenters. The van der Waals surface area contributed by atoms with Gasteiger partial charge in [0, 0.05) is 10.7 Å². The largest absolute Gasteiger partial charge is 0.449 e. The maximum absolute atomic E-state index is 15.8. The summed E-state index contributed by atoms with van der Waals surface area (Å²) >= 11 is 3.19. The Morgan fingerprint density at radius 1 is 0.885 bits per heavy atom. The molecule has 0 radical (unpaired) electrons. The van der Waals surface area contributed by atoms with E-state index >= 15 is 4.39 Å². The fourth-order valence-corrected chi connectivity index (χ4v) is 6.52. The van der Waals surface area contributed by atoms with Crippen LogP contribution >= 0.6 is 15.9 Å². The van der Waals surface area contributed by atoms with Crippen LogP contribution in [0, 0.1) is 5.95 Å². The molecule has 0 aliphatic carbocycles. The Balaban J connectivity index is 1.60. The first-order chi connectivity index (χ1) is 24.7. The quantitative estimate of drug-likeness (QED) is 0.108. The second-order valence-electron chi connectivity index (χ2n) is 12.2. The molecule has 0 spiro atoms. The predicted molar refractivity (Wildman–Crippen MR) is 169 cm³/mol. The molecule has 23 heteroatoms. The minimum absolute atomic E-state index is 0.0638. The van der Waals surface area contributed by atoms with Gasteiger partial charge in [-0.05, 0) is 35.0 Å². The number of carbonyl (C=O) groups excluding carboxylic acids is 2. The molecular weight excluding hydrogens is 773 g/mol. The summed E-state index contributed by atoms with van der Waals surface area (Å²) in [5.74, 6) is -2.73. The molecule has 292 valence electrons. The van der Waals surface area contributed by atoms with Crippen molar-refractivity contribution in [1.29, 1.82) is 0 Å². The van der Waals surface area contributed by atoms with Crippen molar-refractivity contribution in [3.63, 3.8) is 0 Å². The summed E-state index contributed by atoms with van der Waals surface area (Å²) in [5.41, 5.74) is 10.9. The smallest absolute Gasteiger partial charge is 0.417 e. The highest BCUT2D eigenvalue weighted by molar-refractivity contribution is 9.10. The Bertz CT molecular complexity index is 1560. The SMILES string of the molecule is CCOC(=O)N(C(=O)c1nc2ccc(Br)cn2c1F)[C@H]1[C@H](OC2[C@@H](CO)O[C@@H](O)[C@H](N)[C@H]2O)O[C@H](CO)C(O[C@@H]2O[C@H](CO)[C@@H](O)[C@H](O)[C@H]2N)[C@@H]1O. The van der Waals surface area contributed by atoms with Gasteiger partial charge in [0.25, 0.3) is 5.91 Å². The predicted octanol–water partition coefficient (Wildman–Crippen LogP) is -4.78. The molecule has 0 aromatic carbocycles. The fourth-order valence-electron chi connectivity index (χ4n) is 6.19. The minimum Gasteiger partial charge on any atom is -0.449 e. The molecule has 5 rings (SSSR count). The number of fused-ring (bicyclic) bond motifs is 1. The summed E-state index contributed by atoms with van der Waals surface area (Å²) in [5, 5.41) is 83.9. The number of aliphatic hydroxyl groups excluding tert-OH is 8. The number of imide groups is 1. The van der Waals surface area contributed by atoms with Crippen LogP contribution in [0.3, 0.4) is 0 Å². The summed E-state index contributed by atoms with van der Waals surface area (Å²) < 4.78 is 50.7. The number of aromatic nitrogens is 2. The zero-order valence-corrected chi connectivity index (χ0v) is 28.9. The van der Waals surface area contributed by atoms with Crippen LogP contribution in [0.2, 0.25) is 0 Å². The normalized spacial score (nSPS) is 38.3. The molecule has 0 bridgehead atoms. The van der Waals surface area contributed by atoms with E-state index in [0.717, 1.165) is 4.40 Å². The van der Waals surface area contributed by atoms with E-state index in [1.807, 2.05) is 0 Å². The van der Waals surface area contributed by atoms with Crippen LogP contribution in [0.5, 0.6) is 0 Å². The molecular formula is C29H41BrFN5O16. The number of aliphatic hydroxyl groups is 8. The van der Waals surface area contributed by atoms with Gasteiger partial charge in [-0.15, -0.1) is 0 Å². The van der Waals surface area contributed by atoms with E-state index in [1.54, 1.807) is 0 Å². The van der Waals surface area contributed by atoms with E-state index in [2.05, 4.69) is 20.9 Å². The lowest BCUT2D eigenvalue weighted by Gasteiger charge is -2.50. The Kier molecular flexibility index (Phi) is 13.2. The van der Waals surface area contributed by atoms with Crippen LogP contribution in [0.4, 0.5) is 9.18 Å². The number of nitrogens with zero attached hydrogens (tertiary/aromatic N) is 3. The van der Waals surface area contributed by atoms with Gasteiger partial charge in [-0.25, -0.2) is 14.7 Å². The van der Waals surface area contributed by atoms with Crippen LogP contribution in [0.15, 0.2) is 22.8 Å². The molecule has 2 amide bonds. The van der Waals surface area contributed by atoms with Crippen molar-refractivity contribution in [1.82, 2.24) is 14.3 Å². The molecule has 2 aromatic heterocycles. The highest BCUT2D eigenvalue weighted by Crippen LogP contribution is 2.35. The van der Waals surface area contributed by atoms with Gasteiger partial charge in [0.15, 0.2) is 24.6 Å². The van der Waals surface area contributed by atoms with Crippen LogP contribution in [-0.4, -0.2) is 185 Å². The van der Waals surface area contributed by atoms with Gasteiger partial charge in [0.2, 0.25) is 5.95 Å². The van der Waals surface area contributed by atoms with E-state index in [4.69, 9.17) is 39.9 Å². The number of pyridine rings is 1. The van der Waals surface area contributed by atoms with E-state index < -0.39 is 135 Å². The lowest BCUT2D eigenvalue weighted by atomic mass is 9.93. The van der Waals surface area contributed by atoms with Crippen molar-refractivity contribution < 1.29 is 83.3 Å². The molecule has 5 heterocycles. The number of rotatable bonds is 10. The molecule has 12 N–H and O–H groups in total. The average Bonchev–Trinajstić information content (AvgIpc) is 3.45. The molecule has 2 aromatic rings. The number of ether oxygens (including phenoxy) is 6. The zero-order chi connectivity index (χ0) is 38.2. The highest BCUT2D eigenvalue weighted by atomic mass is 79.9. The van der Waals surface area contributed by atoms with Crippen molar-refractivity contribution >= 4 is 33.6 Å². The summed E-state index contributed by atoms with van der Waals surface area (Å²) in [7, 11) is 0. The Morgan fingerprint density at radius 2 is 1.48 bits per heavy atom. The van der Waals surface area contributed by atoms with Crippen molar-refractivity contribution in [2.24, 2.45) is 11.5 Å². The van der Waals surface area contributed by atoms with Gasteiger partial charge in [0.05, 0.1) is 38.5 Å². The van der Waals surface area contributed by atoms with E-state index in [0.29, 0.717) is 4.47 Å². The topological polar surface area (TPSA) is 324 Å². The van der Waals surface area contributed by atoms with Crippen molar-refractivity contribution in [3.8, 4) is 0 Å². The molecule has 3 fully saturated rings. The maximum atomic E-state index is 15.8. The maximum Gasteiger partial charge on any atom is 0.417 e. The average molecular weight is 815 g/mol. The van der Waals surface area contributed by atoms with Gasteiger partial charge < -0.3 is 80.7 Å². The molecule has 3 aliphatic rings. The summed E-state index contributed by atoms with van der Waals surface area (Å²) in [4.78, 5) is 32.1. The molecule has 52 heavy (non-hydrogen) atoms. The monoisotopic (exact) mass is 813 g/mol. The van der Waals surface area contributed by atoms with Gasteiger partial charge in [-0.3, -0.25) is 9.20 Å². The van der Waals surface area contributed by atoms with Gasteiger partial charge in [-0.1, -0.05) is 0 Å². The third-order valence-corrected chi connectivity index (χ3v) is 9.43. The van der Waals surface area contributed by atoms with Crippen LogP contribution in [0.25, 0.3) is 5.65 Å². The number of nitrogens with two attached hydrogens (primary N) is 2. The third-order valence-electron chi connectivity index (χ3n) is 8.96. The summed E-state index contributed by atoms with van der Waals surface area (Å²) in [6.07, 6.45) is -21.3. The first-order valence-corrected chi connectivity index (χ1v) is 16.8. The molecule has 3 aliphatic heterocycles. The first-order valence-electron chi connectivity index (χ1n) is 16.0. The Hall–Kier alpha value is -2.56. The molecule has 3 saturated heterocycles. The number of carbonyl (C=O) groups is 2. The van der Waals surface area contributed by atoms with E-state index in [1.165, 1.54) is 25.3 Å². The van der Waals surface area contributed by atoms with Crippen molar-refractivity contribution in [2.75, 3.05) is 26.4 Å². The zero-order valence-electron chi connectivity index (χ0n) is 27.3. The molecule has 15 atom stereocenters. The van der Waals surface area contributed by atoms with E-state index in [-0.39, 0.29) is 17.2 Å². The first kappa shape index (κ1) is 40.6. The minimum atomic E-state index is -2.21. The van der Waals surface area contributed by atoms with Gasteiger partial charge in [-0.2, -0.15) is 4.39 Å². The van der Waals surface area contributed by atoms with Crippen LogP contribution in [-0.2, 0) is 28.4 Å². The van der Waals surface area contributed by atoms with Gasteiger partial charge in [0.1, 0.15) is 66.6 Å². The highest BCUT2D eigenvalue weighted by Gasteiger charge is 2.57. The van der Waals surface area contributed by atoms with Crippen molar-refractivity contribution in [2.45, 2.75) is 98.9 Å². The number of halogens is 2. The summed E-state index contributed by atoms with van der Waals surface area (Å²) in [6.45, 7) is -1.62. The second-order valence-corrected chi connectivity index (χ2v) is 13.1. The van der Waals surface area contributed by atoms with E-state index in [9.17, 15) is 50.4 Å². The van der Waals surface area contributed by atoms with Crippen molar-refractivity contribution in [3.05, 3.63) is 34.4 Å². The lowest BCUT2D eigenvalue weighted by Crippen LogP contribution is -2.71. The number of amides is 2.